The number of aliphatic hydroxyl groups is 1. The Balaban J connectivity index is 1.99. The van der Waals surface area contributed by atoms with E-state index in [0.717, 1.165) is 38.0 Å². The van der Waals surface area contributed by atoms with Crippen molar-refractivity contribution >= 4 is 0 Å². The van der Waals surface area contributed by atoms with Crippen molar-refractivity contribution in [2.45, 2.75) is 25.4 Å². The minimum Gasteiger partial charge on any atom is -0.508 e. The summed E-state index contributed by atoms with van der Waals surface area (Å²) in [6.45, 7) is 3.91. The van der Waals surface area contributed by atoms with Crippen LogP contribution in [0.25, 0.3) is 0 Å². The van der Waals surface area contributed by atoms with Crippen LogP contribution >= 0.6 is 0 Å². The highest BCUT2D eigenvalue weighted by Crippen LogP contribution is 2.19. The molecular formula is C15H24N2O2. The number of aromatic hydroxyl groups is 1. The Labute approximate surface area is 115 Å². The fourth-order valence-corrected chi connectivity index (χ4v) is 2.77. The van der Waals surface area contributed by atoms with Crippen LogP contribution < -0.4 is 0 Å². The SMILES string of the molecule is CN1CCC(N(CCO)Cc2cccc(O)c2)CC1. The van der Waals surface area contributed by atoms with E-state index in [0.29, 0.717) is 18.3 Å². The lowest BCUT2D eigenvalue weighted by atomic mass is 10.0. The molecule has 2 rings (SSSR count). The quantitative estimate of drug-likeness (QED) is 0.841. The number of likely N-dealkylation sites (tertiary alicyclic amines) is 1. The Kier molecular flexibility index (Phi) is 5.19. The molecule has 1 aliphatic rings. The summed E-state index contributed by atoms with van der Waals surface area (Å²) in [7, 11) is 2.15. The number of phenols is 1. The predicted molar refractivity (Wildman–Crippen MR) is 76.1 cm³/mol. The Hall–Kier alpha value is -1.10. The first-order valence-corrected chi connectivity index (χ1v) is 7.00. The molecule has 4 nitrogen and oxygen atoms in total. The zero-order chi connectivity index (χ0) is 13.7. The van der Waals surface area contributed by atoms with Crippen LogP contribution in [0.3, 0.4) is 0 Å². The second-order valence-electron chi connectivity index (χ2n) is 5.40. The zero-order valence-electron chi connectivity index (χ0n) is 11.6. The molecule has 0 bridgehead atoms. The lowest BCUT2D eigenvalue weighted by molar-refractivity contribution is 0.0941. The molecule has 1 aliphatic heterocycles. The summed E-state index contributed by atoms with van der Waals surface area (Å²) in [5.74, 6) is 0.310. The van der Waals surface area contributed by atoms with Gasteiger partial charge in [-0.05, 0) is 50.7 Å². The topological polar surface area (TPSA) is 46.9 Å². The Morgan fingerprint density at radius 3 is 2.68 bits per heavy atom. The number of hydrogen-bond acceptors (Lipinski definition) is 4. The summed E-state index contributed by atoms with van der Waals surface area (Å²) in [4.78, 5) is 4.68. The van der Waals surface area contributed by atoms with E-state index in [9.17, 15) is 10.2 Å². The highest BCUT2D eigenvalue weighted by atomic mass is 16.3. The molecule has 0 atom stereocenters. The number of rotatable bonds is 5. The van der Waals surface area contributed by atoms with Gasteiger partial charge in [0.1, 0.15) is 5.75 Å². The van der Waals surface area contributed by atoms with E-state index in [1.165, 1.54) is 0 Å². The molecule has 0 unspecified atom stereocenters. The van der Waals surface area contributed by atoms with Gasteiger partial charge in [0.2, 0.25) is 0 Å². The first kappa shape index (κ1) is 14.3. The number of phenolic OH excluding ortho intramolecular Hbond substituents is 1. The lowest BCUT2D eigenvalue weighted by Gasteiger charge is -2.37. The van der Waals surface area contributed by atoms with Crippen LogP contribution in [0.4, 0.5) is 0 Å². The van der Waals surface area contributed by atoms with Gasteiger partial charge in [-0.1, -0.05) is 12.1 Å². The molecule has 1 aromatic rings. The van der Waals surface area contributed by atoms with Gasteiger partial charge in [0.05, 0.1) is 6.61 Å². The van der Waals surface area contributed by atoms with Crippen molar-refractivity contribution in [1.29, 1.82) is 0 Å². The Morgan fingerprint density at radius 1 is 1.32 bits per heavy atom. The Morgan fingerprint density at radius 2 is 2.05 bits per heavy atom. The van der Waals surface area contributed by atoms with Crippen molar-refractivity contribution in [3.8, 4) is 5.75 Å². The lowest BCUT2D eigenvalue weighted by Crippen LogP contribution is -2.44. The van der Waals surface area contributed by atoms with E-state index in [4.69, 9.17) is 0 Å². The van der Waals surface area contributed by atoms with Gasteiger partial charge < -0.3 is 15.1 Å². The molecule has 0 saturated carbocycles. The molecule has 19 heavy (non-hydrogen) atoms. The highest BCUT2D eigenvalue weighted by Gasteiger charge is 2.22. The van der Waals surface area contributed by atoms with Gasteiger partial charge in [0.25, 0.3) is 0 Å². The number of nitrogens with zero attached hydrogens (tertiary/aromatic N) is 2. The second kappa shape index (κ2) is 6.89. The van der Waals surface area contributed by atoms with Crippen LogP contribution in [0.2, 0.25) is 0 Å². The maximum absolute atomic E-state index is 9.53. The van der Waals surface area contributed by atoms with Gasteiger partial charge in [-0.25, -0.2) is 0 Å². The third kappa shape index (κ3) is 4.20. The molecule has 0 aromatic heterocycles. The minimum absolute atomic E-state index is 0.186. The molecule has 1 saturated heterocycles. The van der Waals surface area contributed by atoms with Crippen molar-refractivity contribution < 1.29 is 10.2 Å². The van der Waals surface area contributed by atoms with Gasteiger partial charge in [0.15, 0.2) is 0 Å². The molecule has 2 N–H and O–H groups in total. The third-order valence-electron chi connectivity index (χ3n) is 3.89. The van der Waals surface area contributed by atoms with Gasteiger partial charge >= 0.3 is 0 Å². The van der Waals surface area contributed by atoms with E-state index >= 15 is 0 Å². The van der Waals surface area contributed by atoms with E-state index in [2.05, 4.69) is 16.8 Å². The molecule has 106 valence electrons. The molecule has 1 aromatic carbocycles. The van der Waals surface area contributed by atoms with E-state index in [1.807, 2.05) is 12.1 Å². The summed E-state index contributed by atoms with van der Waals surface area (Å²) in [5.41, 5.74) is 1.10. The van der Waals surface area contributed by atoms with Gasteiger partial charge in [-0.3, -0.25) is 4.90 Å². The molecule has 1 heterocycles. The summed E-state index contributed by atoms with van der Waals surface area (Å²) < 4.78 is 0. The van der Waals surface area contributed by atoms with E-state index in [1.54, 1.807) is 12.1 Å². The van der Waals surface area contributed by atoms with Crippen molar-refractivity contribution in [2.75, 3.05) is 33.3 Å². The Bertz CT molecular complexity index is 389. The largest absolute Gasteiger partial charge is 0.508 e. The summed E-state index contributed by atoms with van der Waals surface area (Å²) >= 11 is 0. The number of piperidine rings is 1. The van der Waals surface area contributed by atoms with Crippen molar-refractivity contribution in [1.82, 2.24) is 9.80 Å². The average Bonchev–Trinajstić information content (AvgIpc) is 2.39. The summed E-state index contributed by atoms with van der Waals surface area (Å²) in [5, 5.41) is 18.8. The first-order chi connectivity index (χ1) is 9.19. The number of aliphatic hydroxyl groups excluding tert-OH is 1. The maximum Gasteiger partial charge on any atom is 0.115 e. The van der Waals surface area contributed by atoms with Crippen LogP contribution in [0.1, 0.15) is 18.4 Å². The number of hydrogen-bond donors (Lipinski definition) is 2. The second-order valence-corrected chi connectivity index (χ2v) is 5.40. The molecule has 0 aliphatic carbocycles. The standard InChI is InChI=1S/C15H24N2O2/c1-16-7-5-14(6-8-16)17(9-10-18)12-13-3-2-4-15(19)11-13/h2-4,11,14,18-19H,5-10,12H2,1H3. The van der Waals surface area contributed by atoms with Crippen molar-refractivity contribution in [3.05, 3.63) is 29.8 Å². The predicted octanol–water partition coefficient (Wildman–Crippen LogP) is 1.28. The summed E-state index contributed by atoms with van der Waals surface area (Å²) in [6, 6.07) is 7.93. The van der Waals surface area contributed by atoms with Gasteiger partial charge in [-0.15, -0.1) is 0 Å². The van der Waals surface area contributed by atoms with Crippen LogP contribution in [-0.4, -0.2) is 59.3 Å². The molecule has 1 fully saturated rings. The average molecular weight is 264 g/mol. The smallest absolute Gasteiger partial charge is 0.115 e. The molecule has 0 spiro atoms. The third-order valence-corrected chi connectivity index (χ3v) is 3.89. The molecule has 0 radical (unpaired) electrons. The van der Waals surface area contributed by atoms with Crippen LogP contribution in [0.5, 0.6) is 5.75 Å². The van der Waals surface area contributed by atoms with E-state index in [-0.39, 0.29) is 6.61 Å². The maximum atomic E-state index is 9.53. The van der Waals surface area contributed by atoms with Gasteiger partial charge in [-0.2, -0.15) is 0 Å². The minimum atomic E-state index is 0.186. The fraction of sp³-hybridized carbons (Fsp3) is 0.600. The molecule has 4 heteroatoms. The van der Waals surface area contributed by atoms with Gasteiger partial charge in [0, 0.05) is 19.1 Å². The van der Waals surface area contributed by atoms with Crippen LogP contribution in [0, 0.1) is 0 Å². The normalized spacial score (nSPS) is 18.1. The van der Waals surface area contributed by atoms with Crippen LogP contribution in [-0.2, 0) is 6.54 Å². The van der Waals surface area contributed by atoms with Crippen molar-refractivity contribution in [2.24, 2.45) is 0 Å². The van der Waals surface area contributed by atoms with Crippen molar-refractivity contribution in [3.63, 3.8) is 0 Å². The fourth-order valence-electron chi connectivity index (χ4n) is 2.77. The number of benzene rings is 1. The zero-order valence-corrected chi connectivity index (χ0v) is 11.6. The monoisotopic (exact) mass is 264 g/mol. The van der Waals surface area contributed by atoms with Crippen LogP contribution in [0.15, 0.2) is 24.3 Å². The highest BCUT2D eigenvalue weighted by molar-refractivity contribution is 5.27. The first-order valence-electron chi connectivity index (χ1n) is 7.00. The van der Waals surface area contributed by atoms with E-state index < -0.39 is 0 Å². The molecule has 0 amide bonds. The summed E-state index contributed by atoms with van der Waals surface area (Å²) in [6.07, 6.45) is 2.30. The molecular weight excluding hydrogens is 240 g/mol.